The number of hydrogen-bond donors (Lipinski definition) is 1. The van der Waals surface area contributed by atoms with Crippen molar-refractivity contribution >= 4 is 23.4 Å². The Labute approximate surface area is 166 Å². The second-order valence-electron chi connectivity index (χ2n) is 6.35. The van der Waals surface area contributed by atoms with E-state index in [1.807, 2.05) is 11.2 Å². The van der Waals surface area contributed by atoms with Crippen LogP contribution >= 0.6 is 11.8 Å². The summed E-state index contributed by atoms with van der Waals surface area (Å²) in [4.78, 5) is 15.1. The highest BCUT2D eigenvalue weighted by Gasteiger charge is 2.34. The summed E-state index contributed by atoms with van der Waals surface area (Å²) in [6.07, 6.45) is -2.57. The summed E-state index contributed by atoms with van der Waals surface area (Å²) in [6.45, 7) is 1.91. The average Bonchev–Trinajstić information content (AvgIpc) is 2.72. The Kier molecular flexibility index (Phi) is 6.51. The first-order valence-electron chi connectivity index (χ1n) is 8.83. The monoisotopic (exact) mass is 410 g/mol. The minimum Gasteiger partial charge on any atom is -0.378 e. The molecule has 0 aromatic heterocycles. The van der Waals surface area contributed by atoms with Gasteiger partial charge in [0.2, 0.25) is 0 Å². The van der Waals surface area contributed by atoms with E-state index in [1.54, 1.807) is 42.1 Å². The summed E-state index contributed by atoms with van der Waals surface area (Å²) < 4.78 is 46.0. The summed E-state index contributed by atoms with van der Waals surface area (Å²) in [5.74, 6) is -0.405. The van der Waals surface area contributed by atoms with Gasteiger partial charge in [0.1, 0.15) is 0 Å². The van der Waals surface area contributed by atoms with Crippen LogP contribution in [0.25, 0.3) is 0 Å². The first kappa shape index (κ1) is 20.5. The number of halogens is 3. The molecule has 2 aromatic carbocycles. The van der Waals surface area contributed by atoms with Gasteiger partial charge in [0.15, 0.2) is 0 Å². The van der Waals surface area contributed by atoms with Gasteiger partial charge in [-0.05, 0) is 48.2 Å². The van der Waals surface area contributed by atoms with Gasteiger partial charge in [-0.3, -0.25) is 4.79 Å². The lowest BCUT2D eigenvalue weighted by molar-refractivity contribution is -0.138. The van der Waals surface area contributed by atoms with Gasteiger partial charge in [0.25, 0.3) is 5.91 Å². The molecule has 1 fully saturated rings. The molecule has 0 unspecified atom stereocenters. The highest BCUT2D eigenvalue weighted by atomic mass is 32.2. The molecule has 1 aliphatic heterocycles. The fourth-order valence-corrected chi connectivity index (χ4v) is 3.43. The zero-order valence-electron chi connectivity index (χ0n) is 15.4. The number of morpholine rings is 1. The predicted molar refractivity (Wildman–Crippen MR) is 104 cm³/mol. The zero-order chi connectivity index (χ0) is 20.1. The Morgan fingerprint density at radius 3 is 2.43 bits per heavy atom. The minimum atomic E-state index is -4.50. The number of anilines is 1. The predicted octanol–water partition coefficient (Wildman–Crippen LogP) is 4.19. The largest absolute Gasteiger partial charge is 0.416 e. The van der Waals surface area contributed by atoms with E-state index in [9.17, 15) is 18.0 Å². The van der Waals surface area contributed by atoms with Crippen molar-refractivity contribution in [1.82, 2.24) is 5.32 Å². The number of amides is 1. The molecule has 4 nitrogen and oxygen atoms in total. The number of carbonyl (C=O) groups is 1. The Balaban J connectivity index is 1.75. The van der Waals surface area contributed by atoms with Gasteiger partial charge in [-0.25, -0.2) is 0 Å². The van der Waals surface area contributed by atoms with Crippen LogP contribution in [0.1, 0.15) is 21.5 Å². The van der Waals surface area contributed by atoms with E-state index in [2.05, 4.69) is 5.32 Å². The molecule has 0 saturated carbocycles. The van der Waals surface area contributed by atoms with Crippen LogP contribution < -0.4 is 10.2 Å². The lowest BCUT2D eigenvalue weighted by atomic mass is 10.0. The SMILES string of the molecule is CSc1ccc(C(=O)NCc2ccc(N3CCOCC3)cc2C(F)(F)F)cc1. The van der Waals surface area contributed by atoms with Crippen LogP contribution in [-0.2, 0) is 17.5 Å². The minimum absolute atomic E-state index is 0.0404. The second-order valence-corrected chi connectivity index (χ2v) is 7.23. The van der Waals surface area contributed by atoms with Crippen LogP contribution in [0.3, 0.4) is 0 Å². The Morgan fingerprint density at radius 2 is 1.82 bits per heavy atom. The van der Waals surface area contributed by atoms with Crippen molar-refractivity contribution in [2.75, 3.05) is 37.5 Å². The average molecular weight is 410 g/mol. The molecule has 1 aliphatic rings. The molecular formula is C20H21F3N2O2S. The molecule has 28 heavy (non-hydrogen) atoms. The van der Waals surface area contributed by atoms with Gasteiger partial charge in [-0.1, -0.05) is 6.07 Å². The van der Waals surface area contributed by atoms with Gasteiger partial charge in [-0.15, -0.1) is 11.8 Å². The number of thioether (sulfide) groups is 1. The molecule has 0 aliphatic carbocycles. The van der Waals surface area contributed by atoms with E-state index in [4.69, 9.17) is 4.74 Å². The van der Waals surface area contributed by atoms with Crippen molar-refractivity contribution in [3.05, 3.63) is 59.2 Å². The number of hydrogen-bond acceptors (Lipinski definition) is 4. The standard InChI is InChI=1S/C20H21F3N2O2S/c1-28-17-6-3-14(4-7-17)19(26)24-13-15-2-5-16(12-18(15)20(21,22)23)25-8-10-27-11-9-25/h2-7,12H,8-11,13H2,1H3,(H,24,26). The molecule has 1 heterocycles. The van der Waals surface area contributed by atoms with Crippen molar-refractivity contribution in [3.8, 4) is 0 Å². The van der Waals surface area contributed by atoms with Gasteiger partial charge in [0.05, 0.1) is 18.8 Å². The lowest BCUT2D eigenvalue weighted by Gasteiger charge is -2.29. The summed E-state index contributed by atoms with van der Waals surface area (Å²) in [6, 6.07) is 11.2. The molecule has 2 aromatic rings. The van der Waals surface area contributed by atoms with Crippen LogP contribution in [0.15, 0.2) is 47.4 Å². The molecule has 0 spiro atoms. The number of nitrogens with one attached hydrogen (secondary N) is 1. The molecule has 3 rings (SSSR count). The van der Waals surface area contributed by atoms with E-state index in [-0.39, 0.29) is 12.1 Å². The highest BCUT2D eigenvalue weighted by Crippen LogP contribution is 2.35. The van der Waals surface area contributed by atoms with E-state index >= 15 is 0 Å². The smallest absolute Gasteiger partial charge is 0.378 e. The third-order valence-electron chi connectivity index (χ3n) is 4.57. The zero-order valence-corrected chi connectivity index (χ0v) is 16.2. The van der Waals surface area contributed by atoms with E-state index in [0.717, 1.165) is 11.0 Å². The fourth-order valence-electron chi connectivity index (χ4n) is 3.02. The van der Waals surface area contributed by atoms with Crippen LogP contribution in [0, 0.1) is 0 Å². The molecule has 1 N–H and O–H groups in total. The Hall–Kier alpha value is -2.19. The second kappa shape index (κ2) is 8.87. The molecular weight excluding hydrogens is 389 g/mol. The normalized spacial score (nSPS) is 14.8. The number of benzene rings is 2. The van der Waals surface area contributed by atoms with Gasteiger partial charge in [0, 0.05) is 35.8 Å². The number of alkyl halides is 3. The van der Waals surface area contributed by atoms with Crippen LogP contribution in [0.2, 0.25) is 0 Å². The topological polar surface area (TPSA) is 41.6 Å². The maximum atomic E-state index is 13.6. The summed E-state index contributed by atoms with van der Waals surface area (Å²) in [5.41, 5.74) is 0.239. The highest BCUT2D eigenvalue weighted by molar-refractivity contribution is 7.98. The molecule has 150 valence electrons. The summed E-state index contributed by atoms with van der Waals surface area (Å²) in [7, 11) is 0. The van der Waals surface area contributed by atoms with Crippen molar-refractivity contribution in [2.24, 2.45) is 0 Å². The van der Waals surface area contributed by atoms with Gasteiger partial charge in [-0.2, -0.15) is 13.2 Å². The maximum absolute atomic E-state index is 13.6. The number of carbonyl (C=O) groups excluding carboxylic acids is 1. The quantitative estimate of drug-likeness (QED) is 0.751. The maximum Gasteiger partial charge on any atom is 0.416 e. The molecule has 1 amide bonds. The van der Waals surface area contributed by atoms with Gasteiger partial charge < -0.3 is 15.0 Å². The van der Waals surface area contributed by atoms with Crippen molar-refractivity contribution in [3.63, 3.8) is 0 Å². The van der Waals surface area contributed by atoms with E-state index < -0.39 is 17.6 Å². The van der Waals surface area contributed by atoms with Crippen molar-refractivity contribution in [2.45, 2.75) is 17.6 Å². The van der Waals surface area contributed by atoms with Gasteiger partial charge >= 0.3 is 6.18 Å². The van der Waals surface area contributed by atoms with Crippen LogP contribution in [0.5, 0.6) is 0 Å². The third kappa shape index (κ3) is 4.99. The van der Waals surface area contributed by atoms with Crippen molar-refractivity contribution < 1.29 is 22.7 Å². The Bertz CT molecular complexity index is 819. The van der Waals surface area contributed by atoms with Crippen LogP contribution in [0.4, 0.5) is 18.9 Å². The molecule has 0 radical (unpaired) electrons. The summed E-state index contributed by atoms with van der Waals surface area (Å²) in [5, 5.41) is 2.58. The molecule has 8 heteroatoms. The Morgan fingerprint density at radius 1 is 1.14 bits per heavy atom. The number of ether oxygens (including phenoxy) is 1. The molecule has 0 bridgehead atoms. The van der Waals surface area contributed by atoms with E-state index in [0.29, 0.717) is 37.6 Å². The number of nitrogens with zero attached hydrogens (tertiary/aromatic N) is 1. The lowest BCUT2D eigenvalue weighted by Crippen LogP contribution is -2.36. The van der Waals surface area contributed by atoms with Crippen molar-refractivity contribution in [1.29, 1.82) is 0 Å². The summed E-state index contributed by atoms with van der Waals surface area (Å²) >= 11 is 1.55. The van der Waals surface area contributed by atoms with E-state index in [1.165, 1.54) is 6.07 Å². The van der Waals surface area contributed by atoms with Crippen LogP contribution in [-0.4, -0.2) is 38.5 Å². The number of rotatable bonds is 5. The first-order valence-corrected chi connectivity index (χ1v) is 10.1. The third-order valence-corrected chi connectivity index (χ3v) is 5.31. The first-order chi connectivity index (χ1) is 13.4. The fraction of sp³-hybridized carbons (Fsp3) is 0.350. The molecule has 0 atom stereocenters. The molecule has 1 saturated heterocycles.